The molecule has 0 bridgehead atoms. The van der Waals surface area contributed by atoms with Gasteiger partial charge in [-0.25, -0.2) is 0 Å². The molecule has 0 amide bonds. The maximum absolute atomic E-state index is 10.9. The normalized spacial score (nSPS) is 20.9. The summed E-state index contributed by atoms with van der Waals surface area (Å²) in [5.74, 6) is -0.0893. The Morgan fingerprint density at radius 3 is 2.67 bits per heavy atom. The number of rotatable bonds is 2. The molecule has 1 atom stereocenters. The van der Waals surface area contributed by atoms with E-state index >= 15 is 0 Å². The lowest BCUT2D eigenvalue weighted by Crippen LogP contribution is -2.01. The molecule has 1 aliphatic rings. The molecule has 0 saturated carbocycles. The Morgan fingerprint density at radius 2 is 2.07 bits per heavy atom. The van der Waals surface area contributed by atoms with Gasteiger partial charge in [-0.2, -0.15) is 0 Å². The van der Waals surface area contributed by atoms with Gasteiger partial charge in [0.1, 0.15) is 6.10 Å². The van der Waals surface area contributed by atoms with E-state index in [2.05, 4.69) is 31.2 Å². The minimum atomic E-state index is -0.0893. The van der Waals surface area contributed by atoms with Crippen molar-refractivity contribution >= 4 is 12.0 Å². The third kappa shape index (κ3) is 2.69. The minimum absolute atomic E-state index is 0.0289. The fourth-order valence-electron chi connectivity index (χ4n) is 1.58. The predicted octanol–water partition coefficient (Wildman–Crippen LogP) is 2.71. The molecule has 0 spiro atoms. The lowest BCUT2D eigenvalue weighted by atomic mass is 10.1. The summed E-state index contributed by atoms with van der Waals surface area (Å²) in [5, 5.41) is 0. The molecule has 15 heavy (non-hydrogen) atoms. The van der Waals surface area contributed by atoms with E-state index in [4.69, 9.17) is 4.74 Å². The van der Waals surface area contributed by atoms with Gasteiger partial charge in [0.05, 0.1) is 0 Å². The van der Waals surface area contributed by atoms with Crippen LogP contribution >= 0.6 is 0 Å². The molecule has 2 nitrogen and oxygen atoms in total. The lowest BCUT2D eigenvalue weighted by Gasteiger charge is -2.01. The molecule has 1 unspecified atom stereocenters. The van der Waals surface area contributed by atoms with Crippen molar-refractivity contribution < 1.29 is 9.53 Å². The molecule has 0 N–H and O–H groups in total. The van der Waals surface area contributed by atoms with E-state index in [1.807, 2.05) is 12.2 Å². The van der Waals surface area contributed by atoms with Gasteiger partial charge >= 0.3 is 5.97 Å². The van der Waals surface area contributed by atoms with E-state index in [0.29, 0.717) is 6.42 Å². The van der Waals surface area contributed by atoms with Crippen molar-refractivity contribution in [3.8, 4) is 0 Å². The maximum atomic E-state index is 10.9. The van der Waals surface area contributed by atoms with Gasteiger partial charge in [0.15, 0.2) is 0 Å². The van der Waals surface area contributed by atoms with Crippen LogP contribution in [0.3, 0.4) is 0 Å². The number of hydrogen-bond donors (Lipinski definition) is 0. The molecule has 1 fully saturated rings. The Morgan fingerprint density at radius 1 is 1.33 bits per heavy atom. The van der Waals surface area contributed by atoms with Crippen molar-refractivity contribution in [1.82, 2.24) is 0 Å². The van der Waals surface area contributed by atoms with Crippen molar-refractivity contribution in [2.45, 2.75) is 25.9 Å². The van der Waals surface area contributed by atoms with Gasteiger partial charge in [-0.3, -0.25) is 4.79 Å². The highest BCUT2D eigenvalue weighted by atomic mass is 16.5. The molecule has 0 aromatic heterocycles. The molecule has 2 heteroatoms. The molecule has 78 valence electrons. The quantitative estimate of drug-likeness (QED) is 0.689. The number of carbonyl (C=O) groups excluding carboxylic acids is 1. The van der Waals surface area contributed by atoms with Crippen LogP contribution in [0.4, 0.5) is 0 Å². The molecule has 2 rings (SSSR count). The standard InChI is InChI=1S/C13H14O2/c1-10-2-4-11(5-3-10)6-7-12-8-9-13(14)15-12/h2-7,12H,8-9H2,1H3/b7-6+. The Bertz CT molecular complexity index is 376. The monoisotopic (exact) mass is 202 g/mol. The second-order valence-corrected chi connectivity index (χ2v) is 3.84. The summed E-state index contributed by atoms with van der Waals surface area (Å²) in [7, 11) is 0. The summed E-state index contributed by atoms with van der Waals surface area (Å²) in [6.07, 6.45) is 5.28. The van der Waals surface area contributed by atoms with Gasteiger partial charge in [-0.15, -0.1) is 0 Å². The summed E-state index contributed by atoms with van der Waals surface area (Å²) in [6, 6.07) is 8.26. The van der Waals surface area contributed by atoms with Crippen molar-refractivity contribution in [2.75, 3.05) is 0 Å². The topological polar surface area (TPSA) is 26.3 Å². The second kappa shape index (κ2) is 4.30. The number of ether oxygens (including phenoxy) is 1. The van der Waals surface area contributed by atoms with Crippen LogP contribution in [0.2, 0.25) is 0 Å². The fourth-order valence-corrected chi connectivity index (χ4v) is 1.58. The Balaban J connectivity index is 1.99. The van der Waals surface area contributed by atoms with Gasteiger partial charge in [-0.05, 0) is 25.0 Å². The summed E-state index contributed by atoms with van der Waals surface area (Å²) in [6.45, 7) is 2.06. The Labute approximate surface area is 89.6 Å². The van der Waals surface area contributed by atoms with Crippen molar-refractivity contribution in [1.29, 1.82) is 0 Å². The van der Waals surface area contributed by atoms with E-state index < -0.39 is 0 Å². The summed E-state index contributed by atoms with van der Waals surface area (Å²) >= 11 is 0. The number of aryl methyl sites for hydroxylation is 1. The van der Waals surface area contributed by atoms with E-state index in [1.165, 1.54) is 5.56 Å². The SMILES string of the molecule is Cc1ccc(/C=C/C2CCC(=O)O2)cc1. The largest absolute Gasteiger partial charge is 0.458 e. The minimum Gasteiger partial charge on any atom is -0.458 e. The van der Waals surface area contributed by atoms with Gasteiger partial charge in [0.25, 0.3) is 0 Å². The van der Waals surface area contributed by atoms with Crippen LogP contribution in [0.15, 0.2) is 30.3 Å². The summed E-state index contributed by atoms with van der Waals surface area (Å²) in [5.41, 5.74) is 2.39. The Hall–Kier alpha value is -1.57. The van der Waals surface area contributed by atoms with Crippen LogP contribution in [0, 0.1) is 6.92 Å². The molecular formula is C13H14O2. The van der Waals surface area contributed by atoms with Crippen molar-refractivity contribution in [2.24, 2.45) is 0 Å². The first kappa shape index (κ1) is 9.97. The maximum Gasteiger partial charge on any atom is 0.306 e. The van der Waals surface area contributed by atoms with Crippen LogP contribution in [0.5, 0.6) is 0 Å². The number of benzene rings is 1. The first-order valence-corrected chi connectivity index (χ1v) is 5.18. The molecule has 1 aromatic rings. The van der Waals surface area contributed by atoms with E-state index in [1.54, 1.807) is 0 Å². The number of carbonyl (C=O) groups is 1. The number of cyclic esters (lactones) is 1. The van der Waals surface area contributed by atoms with Gasteiger partial charge in [-0.1, -0.05) is 35.9 Å². The number of hydrogen-bond acceptors (Lipinski definition) is 2. The number of esters is 1. The molecule has 1 aliphatic heterocycles. The van der Waals surface area contributed by atoms with Crippen LogP contribution in [0.1, 0.15) is 24.0 Å². The third-order valence-corrected chi connectivity index (χ3v) is 2.50. The highest BCUT2D eigenvalue weighted by molar-refractivity contribution is 5.72. The molecular weight excluding hydrogens is 188 g/mol. The van der Waals surface area contributed by atoms with E-state index in [9.17, 15) is 4.79 Å². The lowest BCUT2D eigenvalue weighted by molar-refractivity contribution is -0.139. The van der Waals surface area contributed by atoms with Gasteiger partial charge in [0, 0.05) is 6.42 Å². The molecule has 1 heterocycles. The van der Waals surface area contributed by atoms with Crippen LogP contribution in [-0.2, 0) is 9.53 Å². The van der Waals surface area contributed by atoms with Crippen molar-refractivity contribution in [3.63, 3.8) is 0 Å². The molecule has 0 aliphatic carbocycles. The zero-order chi connectivity index (χ0) is 10.7. The van der Waals surface area contributed by atoms with E-state index in [0.717, 1.165) is 12.0 Å². The van der Waals surface area contributed by atoms with Gasteiger partial charge in [0.2, 0.25) is 0 Å². The molecule has 1 aromatic carbocycles. The summed E-state index contributed by atoms with van der Waals surface area (Å²) in [4.78, 5) is 10.9. The molecule has 1 saturated heterocycles. The fraction of sp³-hybridized carbons (Fsp3) is 0.308. The first-order valence-electron chi connectivity index (χ1n) is 5.18. The second-order valence-electron chi connectivity index (χ2n) is 3.84. The predicted molar refractivity (Wildman–Crippen MR) is 59.3 cm³/mol. The Kier molecular flexibility index (Phi) is 2.86. The summed E-state index contributed by atoms with van der Waals surface area (Å²) < 4.78 is 5.08. The molecule has 0 radical (unpaired) electrons. The van der Waals surface area contributed by atoms with Crippen LogP contribution < -0.4 is 0 Å². The zero-order valence-electron chi connectivity index (χ0n) is 8.77. The van der Waals surface area contributed by atoms with Gasteiger partial charge < -0.3 is 4.74 Å². The zero-order valence-corrected chi connectivity index (χ0v) is 8.77. The average molecular weight is 202 g/mol. The van der Waals surface area contributed by atoms with Crippen LogP contribution in [0.25, 0.3) is 6.08 Å². The van der Waals surface area contributed by atoms with Crippen LogP contribution in [-0.4, -0.2) is 12.1 Å². The first-order chi connectivity index (χ1) is 7.24. The highest BCUT2D eigenvalue weighted by Crippen LogP contribution is 2.16. The third-order valence-electron chi connectivity index (χ3n) is 2.50. The smallest absolute Gasteiger partial charge is 0.306 e. The average Bonchev–Trinajstić information content (AvgIpc) is 2.64. The van der Waals surface area contributed by atoms with Crippen molar-refractivity contribution in [3.05, 3.63) is 41.5 Å². The van der Waals surface area contributed by atoms with E-state index in [-0.39, 0.29) is 12.1 Å². The highest BCUT2D eigenvalue weighted by Gasteiger charge is 2.20.